The van der Waals surface area contributed by atoms with Gasteiger partial charge in [0.2, 0.25) is 0 Å². The highest BCUT2D eigenvalue weighted by atomic mass is 14.0. The van der Waals surface area contributed by atoms with Crippen LogP contribution >= 0.6 is 0 Å². The molecule has 98 valence electrons. The van der Waals surface area contributed by atoms with Gasteiger partial charge in [0.1, 0.15) is 0 Å². The third kappa shape index (κ3) is 14.7. The molecule has 0 aromatic heterocycles. The highest BCUT2D eigenvalue weighted by molar-refractivity contribution is 5.41. The van der Waals surface area contributed by atoms with Gasteiger partial charge >= 0.3 is 0 Å². The minimum Gasteiger partial charge on any atom is -0.0985 e. The molecule has 0 spiro atoms. The molecule has 0 saturated carbocycles. The fourth-order valence-electron chi connectivity index (χ4n) is 0.897. The molecule has 0 aromatic carbocycles. The predicted molar refractivity (Wildman–Crippen MR) is 84.4 cm³/mol. The van der Waals surface area contributed by atoms with E-state index < -0.39 is 0 Å². The van der Waals surface area contributed by atoms with E-state index in [2.05, 4.69) is 25.7 Å². The highest BCUT2D eigenvalue weighted by Gasteiger charge is 1.90. The number of allylic oxidation sites excluding steroid dienone is 9. The zero-order chi connectivity index (χ0) is 14.1. The summed E-state index contributed by atoms with van der Waals surface area (Å²) in [7, 11) is 0. The van der Waals surface area contributed by atoms with E-state index in [0.717, 1.165) is 5.57 Å². The second kappa shape index (κ2) is 20.2. The first-order chi connectivity index (χ1) is 8.26. The van der Waals surface area contributed by atoms with Crippen LogP contribution in [0.2, 0.25) is 0 Å². The van der Waals surface area contributed by atoms with Gasteiger partial charge < -0.3 is 0 Å². The fraction of sp³-hybridized carbons (Fsp3) is 0.412. The third-order valence-corrected chi connectivity index (χ3v) is 1.68. The summed E-state index contributed by atoms with van der Waals surface area (Å²) in [6.07, 6.45) is 14.1. The lowest BCUT2D eigenvalue weighted by Gasteiger charge is -1.98. The lowest BCUT2D eigenvalue weighted by Crippen LogP contribution is -1.78. The van der Waals surface area contributed by atoms with Gasteiger partial charge in [-0.05, 0) is 31.9 Å². The van der Waals surface area contributed by atoms with Gasteiger partial charge in [-0.2, -0.15) is 0 Å². The lowest BCUT2D eigenvalue weighted by molar-refractivity contribution is 1.43. The molecule has 0 aromatic rings. The lowest BCUT2D eigenvalue weighted by atomic mass is 10.1. The van der Waals surface area contributed by atoms with E-state index in [0.29, 0.717) is 0 Å². The summed E-state index contributed by atoms with van der Waals surface area (Å²) < 4.78 is 0. The maximum atomic E-state index is 3.78. The summed E-state index contributed by atoms with van der Waals surface area (Å²) in [6.45, 7) is 17.9. The van der Waals surface area contributed by atoms with Gasteiger partial charge in [0.25, 0.3) is 0 Å². The van der Waals surface area contributed by atoms with Gasteiger partial charge in [-0.1, -0.05) is 76.8 Å². The molecule has 0 saturated heterocycles. The van der Waals surface area contributed by atoms with Gasteiger partial charge in [0.05, 0.1) is 0 Å². The standard InChI is InChI=1S/C13H18.2C2H6/c1-5-8-10-12(4)13(7-3)11-9-6-2;2*1-2/h5-11H,3H2,1-2,4H3;2*1-2H3/b8-5-,9-6-,12-10+,13-11+;;. The summed E-state index contributed by atoms with van der Waals surface area (Å²) >= 11 is 0. The van der Waals surface area contributed by atoms with Crippen LogP contribution < -0.4 is 0 Å². The molecule has 0 aliphatic rings. The van der Waals surface area contributed by atoms with Crippen molar-refractivity contribution in [3.05, 3.63) is 60.3 Å². The van der Waals surface area contributed by atoms with Gasteiger partial charge in [0, 0.05) is 0 Å². The van der Waals surface area contributed by atoms with E-state index >= 15 is 0 Å². The minimum absolute atomic E-state index is 1.16. The van der Waals surface area contributed by atoms with Crippen LogP contribution in [0.5, 0.6) is 0 Å². The zero-order valence-electron chi connectivity index (χ0n) is 12.7. The Hall–Kier alpha value is -1.30. The molecular weight excluding hydrogens is 204 g/mol. The van der Waals surface area contributed by atoms with Crippen molar-refractivity contribution in [2.75, 3.05) is 0 Å². The highest BCUT2D eigenvalue weighted by Crippen LogP contribution is 2.10. The molecule has 0 aliphatic carbocycles. The SMILES string of the molecule is C=CC(=C\C=C/C)/C(C)=C/C=C\C.CC.CC. The Morgan fingerprint density at radius 1 is 0.824 bits per heavy atom. The Balaban J connectivity index is -0.000000439. The summed E-state index contributed by atoms with van der Waals surface area (Å²) in [4.78, 5) is 0. The molecule has 17 heavy (non-hydrogen) atoms. The van der Waals surface area contributed by atoms with E-state index in [1.54, 1.807) is 0 Å². The van der Waals surface area contributed by atoms with E-state index in [-0.39, 0.29) is 0 Å². The van der Waals surface area contributed by atoms with E-state index in [9.17, 15) is 0 Å². The van der Waals surface area contributed by atoms with Gasteiger partial charge in [-0.3, -0.25) is 0 Å². The van der Waals surface area contributed by atoms with Crippen LogP contribution in [0.3, 0.4) is 0 Å². The summed E-state index contributed by atoms with van der Waals surface area (Å²) in [5.41, 5.74) is 2.39. The molecule has 0 heterocycles. The van der Waals surface area contributed by atoms with Crippen molar-refractivity contribution < 1.29 is 0 Å². The van der Waals surface area contributed by atoms with E-state index in [1.807, 2.05) is 71.9 Å². The van der Waals surface area contributed by atoms with Crippen LogP contribution in [0.25, 0.3) is 0 Å². The Morgan fingerprint density at radius 3 is 1.59 bits per heavy atom. The van der Waals surface area contributed by atoms with Gasteiger partial charge in [-0.25, -0.2) is 0 Å². The summed E-state index contributed by atoms with van der Waals surface area (Å²) in [6, 6.07) is 0. The van der Waals surface area contributed by atoms with Crippen molar-refractivity contribution in [2.24, 2.45) is 0 Å². The van der Waals surface area contributed by atoms with E-state index in [1.165, 1.54) is 5.57 Å². The molecule has 0 unspecified atom stereocenters. The zero-order valence-corrected chi connectivity index (χ0v) is 12.7. The molecule has 0 N–H and O–H groups in total. The first-order valence-electron chi connectivity index (χ1n) is 6.51. The van der Waals surface area contributed by atoms with Crippen molar-refractivity contribution in [3.63, 3.8) is 0 Å². The number of hydrogen-bond acceptors (Lipinski definition) is 0. The van der Waals surface area contributed by atoms with Crippen LogP contribution in [0, 0.1) is 0 Å². The molecule has 0 amide bonds. The molecular formula is C17H30. The minimum atomic E-state index is 1.16. The second-order valence-electron chi connectivity index (χ2n) is 2.73. The Morgan fingerprint density at radius 2 is 1.24 bits per heavy atom. The molecule has 0 bridgehead atoms. The molecule has 0 rings (SSSR count). The van der Waals surface area contributed by atoms with Crippen LogP contribution in [0.1, 0.15) is 48.5 Å². The quantitative estimate of drug-likeness (QED) is 0.504. The van der Waals surface area contributed by atoms with Crippen molar-refractivity contribution in [3.8, 4) is 0 Å². The van der Waals surface area contributed by atoms with Crippen molar-refractivity contribution >= 4 is 0 Å². The maximum Gasteiger partial charge on any atom is -0.0233 e. The van der Waals surface area contributed by atoms with Gasteiger partial charge in [0.15, 0.2) is 0 Å². The number of rotatable bonds is 4. The molecule has 0 radical (unpaired) electrons. The van der Waals surface area contributed by atoms with Crippen LogP contribution in [-0.4, -0.2) is 0 Å². The molecule has 0 heteroatoms. The maximum absolute atomic E-state index is 3.78. The van der Waals surface area contributed by atoms with E-state index in [4.69, 9.17) is 0 Å². The Kier molecular flexibility index (Phi) is 24.9. The molecule has 0 fully saturated rings. The monoisotopic (exact) mass is 234 g/mol. The Labute approximate surface area is 109 Å². The largest absolute Gasteiger partial charge is 0.0985 e. The van der Waals surface area contributed by atoms with Crippen LogP contribution in [0.15, 0.2) is 60.3 Å². The topological polar surface area (TPSA) is 0 Å². The molecule has 0 aliphatic heterocycles. The van der Waals surface area contributed by atoms with Crippen molar-refractivity contribution in [1.82, 2.24) is 0 Å². The smallest absolute Gasteiger partial charge is 0.0233 e. The summed E-state index contributed by atoms with van der Waals surface area (Å²) in [5, 5.41) is 0. The molecule has 0 nitrogen and oxygen atoms in total. The normalized spacial score (nSPS) is 11.7. The summed E-state index contributed by atoms with van der Waals surface area (Å²) in [5.74, 6) is 0. The Bertz CT molecular complexity index is 260. The third-order valence-electron chi connectivity index (χ3n) is 1.68. The first kappa shape index (κ1) is 21.0. The van der Waals surface area contributed by atoms with Crippen molar-refractivity contribution in [2.45, 2.75) is 48.5 Å². The predicted octanol–water partition coefficient (Wildman–Crippen LogP) is 6.25. The van der Waals surface area contributed by atoms with Crippen molar-refractivity contribution in [1.29, 1.82) is 0 Å². The first-order valence-corrected chi connectivity index (χ1v) is 6.51. The fourth-order valence-corrected chi connectivity index (χ4v) is 0.897. The number of hydrogen-bond donors (Lipinski definition) is 0. The van der Waals surface area contributed by atoms with Crippen LogP contribution in [0.4, 0.5) is 0 Å². The van der Waals surface area contributed by atoms with Crippen LogP contribution in [-0.2, 0) is 0 Å². The molecule has 0 atom stereocenters. The second-order valence-corrected chi connectivity index (χ2v) is 2.73. The average Bonchev–Trinajstić information content (AvgIpc) is 2.41. The average molecular weight is 234 g/mol. The van der Waals surface area contributed by atoms with Gasteiger partial charge in [-0.15, -0.1) is 0 Å².